The number of carbonyl (C=O) groups is 1. The van der Waals surface area contributed by atoms with Crippen molar-refractivity contribution in [3.63, 3.8) is 0 Å². The number of amides is 1. The highest BCUT2D eigenvalue weighted by Gasteiger charge is 2.32. The van der Waals surface area contributed by atoms with Crippen LogP contribution in [0.5, 0.6) is 0 Å². The molecule has 1 heterocycles. The van der Waals surface area contributed by atoms with Crippen molar-refractivity contribution in [1.82, 2.24) is 5.32 Å². The summed E-state index contributed by atoms with van der Waals surface area (Å²) in [5.74, 6) is 0.773. The Kier molecular flexibility index (Phi) is 9.12. The summed E-state index contributed by atoms with van der Waals surface area (Å²) < 4.78 is 13.1. The molecule has 0 bridgehead atoms. The number of ether oxygens (including phenoxy) is 2. The van der Waals surface area contributed by atoms with Gasteiger partial charge in [-0.25, -0.2) is 0 Å². The van der Waals surface area contributed by atoms with Crippen LogP contribution in [0.15, 0.2) is 108 Å². The molecule has 0 saturated carbocycles. The van der Waals surface area contributed by atoms with Gasteiger partial charge in [-0.15, -0.1) is 11.8 Å². The van der Waals surface area contributed by atoms with Crippen LogP contribution in [-0.4, -0.2) is 22.9 Å². The van der Waals surface area contributed by atoms with Crippen molar-refractivity contribution in [3.8, 4) is 11.1 Å². The molecule has 1 aliphatic rings. The van der Waals surface area contributed by atoms with Gasteiger partial charge in [0.05, 0.1) is 18.8 Å². The maximum Gasteiger partial charge on any atom is 0.217 e. The van der Waals surface area contributed by atoms with Crippen LogP contribution in [0.2, 0.25) is 0 Å². The van der Waals surface area contributed by atoms with Crippen molar-refractivity contribution in [2.75, 3.05) is 5.75 Å². The number of hydrogen-bond donors (Lipinski definition) is 2. The number of thioether (sulfide) groups is 1. The molecule has 0 radical (unpaired) electrons. The number of hydrogen-bond acceptors (Lipinski definition) is 5. The van der Waals surface area contributed by atoms with Gasteiger partial charge in [-0.2, -0.15) is 0 Å². The molecule has 4 aromatic rings. The maximum absolute atomic E-state index is 11.4. The molecule has 6 heteroatoms. The smallest absolute Gasteiger partial charge is 0.217 e. The first-order valence-corrected chi connectivity index (χ1v) is 14.2. The predicted molar refractivity (Wildman–Crippen MR) is 155 cm³/mol. The van der Waals surface area contributed by atoms with E-state index in [1.54, 1.807) is 11.8 Å². The Balaban J connectivity index is 1.38. The second-order valence-corrected chi connectivity index (χ2v) is 10.8. The average Bonchev–Trinajstić information content (AvgIpc) is 2.99. The van der Waals surface area contributed by atoms with E-state index < -0.39 is 6.29 Å². The Bertz CT molecular complexity index is 1380. The van der Waals surface area contributed by atoms with E-state index in [4.69, 9.17) is 9.47 Å². The zero-order chi connectivity index (χ0) is 27.0. The topological polar surface area (TPSA) is 67.8 Å². The Hall–Kier alpha value is -3.42. The zero-order valence-corrected chi connectivity index (χ0v) is 22.8. The first-order chi connectivity index (χ1) is 19.1. The predicted octanol–water partition coefficient (Wildman–Crippen LogP) is 6.82. The number of nitrogens with one attached hydrogen (secondary N) is 1. The third-order valence-electron chi connectivity index (χ3n) is 6.75. The van der Waals surface area contributed by atoms with Crippen molar-refractivity contribution >= 4 is 17.7 Å². The van der Waals surface area contributed by atoms with E-state index in [-0.39, 0.29) is 24.7 Å². The molecule has 3 unspecified atom stereocenters. The summed E-state index contributed by atoms with van der Waals surface area (Å²) in [7, 11) is 0. The van der Waals surface area contributed by atoms with E-state index in [0.29, 0.717) is 6.54 Å². The highest BCUT2D eigenvalue weighted by molar-refractivity contribution is 7.99. The second kappa shape index (κ2) is 13.1. The molecule has 5 nitrogen and oxygen atoms in total. The third-order valence-corrected chi connectivity index (χ3v) is 7.90. The van der Waals surface area contributed by atoms with E-state index in [9.17, 15) is 9.90 Å². The van der Waals surface area contributed by atoms with Gasteiger partial charge >= 0.3 is 0 Å². The molecular formula is C33H33NO4S. The van der Waals surface area contributed by atoms with E-state index in [1.807, 2.05) is 54.6 Å². The molecule has 2 N–H and O–H groups in total. The Morgan fingerprint density at radius 3 is 2.33 bits per heavy atom. The fourth-order valence-corrected chi connectivity index (χ4v) is 5.62. The van der Waals surface area contributed by atoms with Crippen molar-refractivity contribution in [2.24, 2.45) is 0 Å². The molecular weight excluding hydrogens is 506 g/mol. The standard InChI is InChI=1S/C33H33NO4S/c1-23(36)34-20-25-7-5-8-27(17-25)28-9-6-10-29(18-28)33-37-30(22-39-31-11-3-2-4-12-31)19-32(38-33)26-15-13-24(21-35)14-16-26/h2-18,30,32-33,35H,19-22H2,1H3,(H,34,36). The zero-order valence-electron chi connectivity index (χ0n) is 22.0. The monoisotopic (exact) mass is 539 g/mol. The van der Waals surface area contributed by atoms with Crippen LogP contribution in [0.1, 0.15) is 48.0 Å². The highest BCUT2D eigenvalue weighted by atomic mass is 32.2. The lowest BCUT2D eigenvalue weighted by Crippen LogP contribution is -2.31. The number of aliphatic hydroxyl groups is 1. The van der Waals surface area contributed by atoms with Gasteiger partial charge in [0.15, 0.2) is 6.29 Å². The molecule has 39 heavy (non-hydrogen) atoms. The highest BCUT2D eigenvalue weighted by Crippen LogP contribution is 2.40. The summed E-state index contributed by atoms with van der Waals surface area (Å²) in [4.78, 5) is 12.6. The molecule has 3 atom stereocenters. The molecule has 1 aliphatic heterocycles. The fourth-order valence-electron chi connectivity index (χ4n) is 4.68. The molecule has 200 valence electrons. The van der Waals surface area contributed by atoms with E-state index in [0.717, 1.165) is 45.6 Å². The quantitative estimate of drug-likeness (QED) is 0.229. The Morgan fingerprint density at radius 1 is 0.846 bits per heavy atom. The molecule has 0 spiro atoms. The van der Waals surface area contributed by atoms with E-state index in [1.165, 1.54) is 11.8 Å². The normalized spacial score (nSPS) is 19.0. The first kappa shape index (κ1) is 27.2. The number of benzene rings is 4. The van der Waals surface area contributed by atoms with Gasteiger partial charge in [0.25, 0.3) is 0 Å². The van der Waals surface area contributed by atoms with Crippen molar-refractivity contribution in [3.05, 3.63) is 125 Å². The van der Waals surface area contributed by atoms with Crippen LogP contribution in [-0.2, 0) is 27.4 Å². The van der Waals surface area contributed by atoms with Crippen LogP contribution in [0, 0.1) is 0 Å². The number of carbonyl (C=O) groups excluding carboxylic acids is 1. The minimum absolute atomic E-state index is 0.00103. The molecule has 1 amide bonds. The summed E-state index contributed by atoms with van der Waals surface area (Å²) in [5, 5.41) is 12.3. The summed E-state index contributed by atoms with van der Waals surface area (Å²) in [5.41, 5.74) is 6.11. The molecule has 0 aliphatic carbocycles. The second-order valence-electron chi connectivity index (χ2n) is 9.71. The van der Waals surface area contributed by atoms with Gasteiger partial charge in [0, 0.05) is 36.1 Å². The van der Waals surface area contributed by atoms with Gasteiger partial charge < -0.3 is 19.9 Å². The van der Waals surface area contributed by atoms with Crippen LogP contribution in [0.3, 0.4) is 0 Å². The van der Waals surface area contributed by atoms with Crippen LogP contribution < -0.4 is 5.32 Å². The first-order valence-electron chi connectivity index (χ1n) is 13.2. The van der Waals surface area contributed by atoms with E-state index >= 15 is 0 Å². The van der Waals surface area contributed by atoms with Gasteiger partial charge in [-0.05, 0) is 52.1 Å². The SMILES string of the molecule is CC(=O)NCc1cccc(-c2cccc(C3OC(CSc4ccccc4)CC(c4ccc(CO)cc4)O3)c2)c1. The summed E-state index contributed by atoms with van der Waals surface area (Å²) in [6.45, 7) is 2.04. The van der Waals surface area contributed by atoms with Gasteiger partial charge in [-0.3, -0.25) is 4.79 Å². The molecule has 1 fully saturated rings. The average molecular weight is 540 g/mol. The lowest BCUT2D eigenvalue weighted by Gasteiger charge is -2.36. The van der Waals surface area contributed by atoms with E-state index in [2.05, 4.69) is 53.8 Å². The summed E-state index contributed by atoms with van der Waals surface area (Å²) in [6, 6.07) is 34.8. The minimum atomic E-state index is -0.509. The molecule has 4 aromatic carbocycles. The fraction of sp³-hybridized carbons (Fsp3) is 0.242. The molecule has 0 aromatic heterocycles. The lowest BCUT2D eigenvalue weighted by atomic mass is 9.99. The van der Waals surface area contributed by atoms with Crippen LogP contribution >= 0.6 is 11.8 Å². The summed E-state index contributed by atoms with van der Waals surface area (Å²) >= 11 is 1.79. The van der Waals surface area contributed by atoms with Crippen molar-refractivity contribution in [1.29, 1.82) is 0 Å². The third kappa shape index (κ3) is 7.37. The van der Waals surface area contributed by atoms with Gasteiger partial charge in [0.2, 0.25) is 5.91 Å². The van der Waals surface area contributed by atoms with Gasteiger partial charge in [0.1, 0.15) is 0 Å². The number of rotatable bonds is 9. The van der Waals surface area contributed by atoms with Crippen molar-refractivity contribution in [2.45, 2.75) is 49.9 Å². The Labute approximate surface area is 234 Å². The minimum Gasteiger partial charge on any atom is -0.392 e. The van der Waals surface area contributed by atoms with Crippen LogP contribution in [0.25, 0.3) is 11.1 Å². The van der Waals surface area contributed by atoms with Gasteiger partial charge in [-0.1, -0.05) is 78.9 Å². The molecule has 1 saturated heterocycles. The number of aliphatic hydroxyl groups excluding tert-OH is 1. The van der Waals surface area contributed by atoms with Crippen molar-refractivity contribution < 1.29 is 19.4 Å². The Morgan fingerprint density at radius 2 is 1.59 bits per heavy atom. The maximum atomic E-state index is 11.4. The van der Waals surface area contributed by atoms with Crippen LogP contribution in [0.4, 0.5) is 0 Å². The summed E-state index contributed by atoms with van der Waals surface area (Å²) in [6.07, 6.45) is 0.119. The largest absolute Gasteiger partial charge is 0.392 e. The molecule has 5 rings (SSSR count). The lowest BCUT2D eigenvalue weighted by molar-refractivity contribution is -0.245.